The van der Waals surface area contributed by atoms with E-state index in [2.05, 4.69) is 26.1 Å². The Morgan fingerprint density at radius 3 is 2.89 bits per heavy atom. The van der Waals surface area contributed by atoms with Gasteiger partial charge in [0.15, 0.2) is 0 Å². The maximum atomic E-state index is 13.3. The number of hydrogen-bond donors (Lipinski definition) is 1. The minimum atomic E-state index is -0.170. The molecule has 1 fully saturated rings. The standard InChI is InChI=1S/C13H18BrFN2.ClH/c1-16-13-3-2-4-17(9-13)8-10-5-11(14)7-12(15)6-10;/h5-7,13,16H,2-4,8-9H2,1H3;1H. The van der Waals surface area contributed by atoms with E-state index in [0.29, 0.717) is 6.04 Å². The van der Waals surface area contributed by atoms with Crippen molar-refractivity contribution in [2.75, 3.05) is 20.1 Å². The minimum absolute atomic E-state index is 0. The summed E-state index contributed by atoms with van der Waals surface area (Å²) in [6.07, 6.45) is 2.45. The number of likely N-dealkylation sites (tertiary alicyclic amines) is 1. The van der Waals surface area contributed by atoms with E-state index in [1.54, 1.807) is 6.07 Å². The van der Waals surface area contributed by atoms with E-state index < -0.39 is 0 Å². The molecule has 0 bridgehead atoms. The number of nitrogens with one attached hydrogen (secondary N) is 1. The third-order valence-corrected chi connectivity index (χ3v) is 3.70. The minimum Gasteiger partial charge on any atom is -0.316 e. The first-order valence-electron chi connectivity index (χ1n) is 6.02. The van der Waals surface area contributed by atoms with E-state index in [1.165, 1.54) is 18.9 Å². The average molecular weight is 338 g/mol. The van der Waals surface area contributed by atoms with Crippen molar-refractivity contribution >= 4 is 28.3 Å². The van der Waals surface area contributed by atoms with Crippen molar-refractivity contribution < 1.29 is 4.39 Å². The second-order valence-electron chi connectivity index (χ2n) is 4.64. The number of likely N-dealkylation sites (N-methyl/N-ethyl adjacent to an activating group) is 1. The molecule has 0 aliphatic carbocycles. The number of halogens is 3. The number of piperidine rings is 1. The lowest BCUT2D eigenvalue weighted by Gasteiger charge is -2.32. The van der Waals surface area contributed by atoms with Crippen molar-refractivity contribution in [1.29, 1.82) is 0 Å². The predicted octanol–water partition coefficient (Wildman–Crippen LogP) is 3.19. The Kier molecular flexibility index (Phi) is 6.57. The van der Waals surface area contributed by atoms with Crippen molar-refractivity contribution in [3.05, 3.63) is 34.1 Å². The molecular weight excluding hydrogens is 319 g/mol. The lowest BCUT2D eigenvalue weighted by Crippen LogP contribution is -2.43. The van der Waals surface area contributed by atoms with Crippen molar-refractivity contribution in [2.45, 2.75) is 25.4 Å². The Labute approximate surface area is 122 Å². The number of rotatable bonds is 3. The van der Waals surface area contributed by atoms with Crippen LogP contribution in [0.2, 0.25) is 0 Å². The Morgan fingerprint density at radius 2 is 2.22 bits per heavy atom. The highest BCUT2D eigenvalue weighted by Gasteiger charge is 2.18. The molecule has 18 heavy (non-hydrogen) atoms. The van der Waals surface area contributed by atoms with Gasteiger partial charge in [0.2, 0.25) is 0 Å². The van der Waals surface area contributed by atoms with E-state index in [1.807, 2.05) is 13.1 Å². The summed E-state index contributed by atoms with van der Waals surface area (Å²) in [7, 11) is 2.01. The second-order valence-corrected chi connectivity index (χ2v) is 5.56. The topological polar surface area (TPSA) is 15.3 Å². The van der Waals surface area contributed by atoms with Gasteiger partial charge >= 0.3 is 0 Å². The van der Waals surface area contributed by atoms with Crippen LogP contribution in [0.1, 0.15) is 18.4 Å². The number of nitrogens with zero attached hydrogens (tertiary/aromatic N) is 1. The molecule has 2 nitrogen and oxygen atoms in total. The molecule has 2 rings (SSSR count). The maximum Gasteiger partial charge on any atom is 0.124 e. The largest absolute Gasteiger partial charge is 0.316 e. The first-order chi connectivity index (χ1) is 8.17. The van der Waals surface area contributed by atoms with Gasteiger partial charge in [-0.25, -0.2) is 4.39 Å². The Bertz CT molecular complexity index is 369. The molecule has 1 saturated heterocycles. The van der Waals surface area contributed by atoms with Gasteiger partial charge in [0, 0.05) is 23.6 Å². The molecule has 1 aliphatic rings. The highest BCUT2D eigenvalue weighted by atomic mass is 79.9. The lowest BCUT2D eigenvalue weighted by molar-refractivity contribution is 0.188. The SMILES string of the molecule is CNC1CCCN(Cc2cc(F)cc(Br)c2)C1.Cl. The van der Waals surface area contributed by atoms with E-state index in [4.69, 9.17) is 0 Å². The van der Waals surface area contributed by atoms with E-state index in [9.17, 15) is 4.39 Å². The van der Waals surface area contributed by atoms with Crippen LogP contribution in [0, 0.1) is 5.82 Å². The van der Waals surface area contributed by atoms with Gasteiger partial charge < -0.3 is 5.32 Å². The molecule has 0 aromatic heterocycles. The molecule has 1 unspecified atom stereocenters. The van der Waals surface area contributed by atoms with Gasteiger partial charge in [-0.2, -0.15) is 0 Å². The molecule has 1 aliphatic heterocycles. The van der Waals surface area contributed by atoms with E-state index in [0.717, 1.165) is 29.7 Å². The summed E-state index contributed by atoms with van der Waals surface area (Å²) in [5.41, 5.74) is 1.04. The smallest absolute Gasteiger partial charge is 0.124 e. The van der Waals surface area contributed by atoms with Crippen LogP contribution in [0.5, 0.6) is 0 Å². The second kappa shape index (κ2) is 7.43. The molecule has 0 amide bonds. The quantitative estimate of drug-likeness (QED) is 0.911. The molecule has 0 spiro atoms. The normalized spacial score (nSPS) is 20.5. The van der Waals surface area contributed by atoms with Crippen LogP contribution in [0.4, 0.5) is 4.39 Å². The number of benzene rings is 1. The van der Waals surface area contributed by atoms with Crippen molar-refractivity contribution in [3.8, 4) is 0 Å². The van der Waals surface area contributed by atoms with Gasteiger partial charge in [0.1, 0.15) is 5.82 Å². The fourth-order valence-electron chi connectivity index (χ4n) is 2.40. The summed E-state index contributed by atoms with van der Waals surface area (Å²) < 4.78 is 14.1. The fourth-order valence-corrected chi connectivity index (χ4v) is 2.91. The monoisotopic (exact) mass is 336 g/mol. The van der Waals surface area contributed by atoms with Gasteiger partial charge in [0.05, 0.1) is 0 Å². The molecule has 1 aromatic rings. The van der Waals surface area contributed by atoms with Gasteiger partial charge in [0.25, 0.3) is 0 Å². The molecule has 1 heterocycles. The molecule has 1 atom stereocenters. The highest BCUT2D eigenvalue weighted by molar-refractivity contribution is 9.10. The van der Waals surface area contributed by atoms with Crippen LogP contribution in [0.25, 0.3) is 0 Å². The average Bonchev–Trinajstić information content (AvgIpc) is 2.28. The zero-order chi connectivity index (χ0) is 12.3. The fraction of sp³-hybridized carbons (Fsp3) is 0.538. The van der Waals surface area contributed by atoms with Gasteiger partial charge in [-0.1, -0.05) is 15.9 Å². The summed E-state index contributed by atoms with van der Waals surface area (Å²) >= 11 is 3.33. The van der Waals surface area contributed by atoms with Crippen LogP contribution < -0.4 is 5.32 Å². The molecule has 0 radical (unpaired) electrons. The summed E-state index contributed by atoms with van der Waals surface area (Å²) in [4.78, 5) is 2.38. The zero-order valence-electron chi connectivity index (χ0n) is 10.5. The Morgan fingerprint density at radius 1 is 1.44 bits per heavy atom. The Hall–Kier alpha value is -0.160. The lowest BCUT2D eigenvalue weighted by atomic mass is 10.1. The van der Waals surface area contributed by atoms with Gasteiger partial charge in [-0.05, 0) is 50.2 Å². The predicted molar refractivity (Wildman–Crippen MR) is 78.7 cm³/mol. The molecule has 1 aromatic carbocycles. The van der Waals surface area contributed by atoms with Gasteiger partial charge in [-0.3, -0.25) is 4.90 Å². The highest BCUT2D eigenvalue weighted by Crippen LogP contribution is 2.18. The first-order valence-corrected chi connectivity index (χ1v) is 6.81. The summed E-state index contributed by atoms with van der Waals surface area (Å²) in [5, 5.41) is 3.32. The molecule has 5 heteroatoms. The summed E-state index contributed by atoms with van der Waals surface area (Å²) in [6, 6.07) is 5.68. The Balaban J connectivity index is 0.00000162. The van der Waals surface area contributed by atoms with Crippen molar-refractivity contribution in [2.24, 2.45) is 0 Å². The van der Waals surface area contributed by atoms with Crippen LogP contribution in [-0.4, -0.2) is 31.1 Å². The van der Waals surface area contributed by atoms with Crippen LogP contribution >= 0.6 is 28.3 Å². The van der Waals surface area contributed by atoms with Crippen LogP contribution in [-0.2, 0) is 6.54 Å². The van der Waals surface area contributed by atoms with Crippen LogP contribution in [0.3, 0.4) is 0 Å². The zero-order valence-corrected chi connectivity index (χ0v) is 12.9. The third-order valence-electron chi connectivity index (χ3n) is 3.24. The summed E-state index contributed by atoms with van der Waals surface area (Å²) in [5.74, 6) is -0.170. The van der Waals surface area contributed by atoms with Crippen molar-refractivity contribution in [3.63, 3.8) is 0 Å². The van der Waals surface area contributed by atoms with Gasteiger partial charge in [-0.15, -0.1) is 12.4 Å². The van der Waals surface area contributed by atoms with Crippen molar-refractivity contribution in [1.82, 2.24) is 10.2 Å². The first kappa shape index (κ1) is 15.9. The number of hydrogen-bond acceptors (Lipinski definition) is 2. The molecule has 102 valence electrons. The molecule has 1 N–H and O–H groups in total. The molecule has 0 saturated carbocycles. The third kappa shape index (κ3) is 4.50. The maximum absolute atomic E-state index is 13.3. The molecular formula is C13H19BrClFN2. The van der Waals surface area contributed by atoms with Crippen LogP contribution in [0.15, 0.2) is 22.7 Å². The van der Waals surface area contributed by atoms with E-state index in [-0.39, 0.29) is 18.2 Å². The van der Waals surface area contributed by atoms with E-state index >= 15 is 0 Å². The summed E-state index contributed by atoms with van der Waals surface area (Å²) in [6.45, 7) is 2.98.